The summed E-state index contributed by atoms with van der Waals surface area (Å²) in [5.74, 6) is 0.0582. The highest BCUT2D eigenvalue weighted by atomic mass is 16.5. The van der Waals surface area contributed by atoms with E-state index >= 15 is 0 Å². The molecule has 0 fully saturated rings. The van der Waals surface area contributed by atoms with Crippen molar-refractivity contribution in [3.05, 3.63) is 82.7 Å². The molecule has 0 unspecified atom stereocenters. The first kappa shape index (κ1) is 22.8. The number of hydrogen-bond donors (Lipinski definition) is 1. The second kappa shape index (κ2) is 10.4. The molecule has 1 N–H and O–H groups in total. The van der Waals surface area contributed by atoms with Crippen LogP contribution in [0.2, 0.25) is 0 Å². The van der Waals surface area contributed by atoms with Gasteiger partial charge in [0.1, 0.15) is 5.75 Å². The smallest absolute Gasteiger partial charge is 0.338 e. The second-order valence-corrected chi connectivity index (χ2v) is 7.09. The first-order valence-corrected chi connectivity index (χ1v) is 10.5. The van der Waals surface area contributed by atoms with Crippen molar-refractivity contribution in [2.75, 3.05) is 13.2 Å². The summed E-state index contributed by atoms with van der Waals surface area (Å²) in [5.41, 5.74) is 7.16. The molecule has 0 aliphatic carbocycles. The number of benzene rings is 2. The Labute approximate surface area is 187 Å². The molecule has 1 heterocycles. The lowest BCUT2D eigenvalue weighted by Crippen LogP contribution is -2.17. The Morgan fingerprint density at radius 2 is 1.75 bits per heavy atom. The van der Waals surface area contributed by atoms with E-state index in [2.05, 4.69) is 10.5 Å². The quantitative estimate of drug-likeness (QED) is 0.324. The van der Waals surface area contributed by atoms with Gasteiger partial charge in [0, 0.05) is 28.2 Å². The maximum absolute atomic E-state index is 12.3. The highest BCUT2D eigenvalue weighted by molar-refractivity contribution is 5.95. The van der Waals surface area contributed by atoms with E-state index in [1.54, 1.807) is 49.5 Å². The highest BCUT2D eigenvalue weighted by Gasteiger charge is 2.13. The van der Waals surface area contributed by atoms with Crippen LogP contribution in [-0.4, -0.2) is 35.9 Å². The molecule has 0 radical (unpaired) electrons. The number of aryl methyl sites for hydroxylation is 1. The number of carbonyl (C=O) groups is 2. The summed E-state index contributed by atoms with van der Waals surface area (Å²) in [6, 6.07) is 16.1. The lowest BCUT2D eigenvalue weighted by Gasteiger charge is -2.11. The Kier molecular flexibility index (Phi) is 7.44. The zero-order valence-corrected chi connectivity index (χ0v) is 18.7. The number of nitrogens with zero attached hydrogens (tertiary/aromatic N) is 2. The Balaban J connectivity index is 1.75. The van der Waals surface area contributed by atoms with Crippen molar-refractivity contribution in [2.24, 2.45) is 5.10 Å². The van der Waals surface area contributed by atoms with Gasteiger partial charge in [-0.2, -0.15) is 5.10 Å². The maximum atomic E-state index is 12.3. The molecule has 0 saturated heterocycles. The summed E-state index contributed by atoms with van der Waals surface area (Å²) < 4.78 is 12.5. The zero-order chi connectivity index (χ0) is 23.1. The molecule has 7 heteroatoms. The first-order valence-electron chi connectivity index (χ1n) is 10.5. The standard InChI is InChI=1S/C25H27N3O4/c1-5-31-23-12-10-19(11-13-23)24(29)27-26-16-21-14-17(3)28(18(21)4)22-9-7-8-20(15-22)25(30)32-6-2/h7-16H,5-6H2,1-4H3,(H,27,29)/b26-16+. The van der Waals surface area contributed by atoms with E-state index in [-0.39, 0.29) is 11.9 Å². The number of hydrazone groups is 1. The number of esters is 1. The molecule has 0 aliphatic rings. The van der Waals surface area contributed by atoms with Crippen LogP contribution in [-0.2, 0) is 4.74 Å². The molecule has 2 aromatic carbocycles. The minimum Gasteiger partial charge on any atom is -0.494 e. The zero-order valence-electron chi connectivity index (χ0n) is 18.7. The topological polar surface area (TPSA) is 81.9 Å². The van der Waals surface area contributed by atoms with Gasteiger partial charge >= 0.3 is 5.97 Å². The molecule has 0 spiro atoms. The van der Waals surface area contributed by atoms with Crippen LogP contribution >= 0.6 is 0 Å². The van der Waals surface area contributed by atoms with Gasteiger partial charge in [0.05, 0.1) is 25.0 Å². The molecule has 0 atom stereocenters. The van der Waals surface area contributed by atoms with Crippen LogP contribution in [0.15, 0.2) is 59.7 Å². The predicted molar refractivity (Wildman–Crippen MR) is 124 cm³/mol. The number of amides is 1. The van der Waals surface area contributed by atoms with E-state index in [1.165, 1.54) is 0 Å². The van der Waals surface area contributed by atoms with Crippen LogP contribution in [0, 0.1) is 13.8 Å². The van der Waals surface area contributed by atoms with Gasteiger partial charge in [0.2, 0.25) is 0 Å². The van der Waals surface area contributed by atoms with Crippen molar-refractivity contribution in [1.82, 2.24) is 9.99 Å². The molecule has 0 saturated carbocycles. The fourth-order valence-corrected chi connectivity index (χ4v) is 3.40. The normalized spacial score (nSPS) is 10.9. The van der Waals surface area contributed by atoms with Crippen molar-refractivity contribution >= 4 is 18.1 Å². The average molecular weight is 434 g/mol. The predicted octanol–water partition coefficient (Wildman–Crippen LogP) is 4.43. The van der Waals surface area contributed by atoms with E-state index in [0.717, 1.165) is 22.6 Å². The van der Waals surface area contributed by atoms with Crippen LogP contribution in [0.4, 0.5) is 0 Å². The summed E-state index contributed by atoms with van der Waals surface area (Å²) in [5, 5.41) is 4.11. The number of hydrogen-bond acceptors (Lipinski definition) is 5. The number of rotatable bonds is 8. The number of carbonyl (C=O) groups excluding carboxylic acids is 2. The van der Waals surface area contributed by atoms with Crippen LogP contribution in [0.25, 0.3) is 5.69 Å². The van der Waals surface area contributed by atoms with E-state index in [1.807, 2.05) is 43.5 Å². The maximum Gasteiger partial charge on any atom is 0.338 e. The highest BCUT2D eigenvalue weighted by Crippen LogP contribution is 2.21. The Morgan fingerprint density at radius 3 is 2.44 bits per heavy atom. The van der Waals surface area contributed by atoms with Gasteiger partial charge in [0.25, 0.3) is 5.91 Å². The third kappa shape index (κ3) is 5.24. The SMILES string of the molecule is CCOC(=O)c1cccc(-n2c(C)cc(/C=N/NC(=O)c3ccc(OCC)cc3)c2C)c1. The summed E-state index contributed by atoms with van der Waals surface area (Å²) in [4.78, 5) is 24.4. The van der Waals surface area contributed by atoms with E-state index in [4.69, 9.17) is 9.47 Å². The minimum absolute atomic E-state index is 0.305. The number of ether oxygens (including phenoxy) is 2. The van der Waals surface area contributed by atoms with Gasteiger partial charge in [-0.25, -0.2) is 10.2 Å². The molecular formula is C25H27N3O4. The van der Waals surface area contributed by atoms with Crippen molar-refractivity contribution in [3.63, 3.8) is 0 Å². The molecule has 7 nitrogen and oxygen atoms in total. The monoisotopic (exact) mass is 433 g/mol. The van der Waals surface area contributed by atoms with Gasteiger partial charge in [-0.15, -0.1) is 0 Å². The first-order chi connectivity index (χ1) is 15.4. The molecular weight excluding hydrogens is 406 g/mol. The van der Waals surface area contributed by atoms with Gasteiger partial charge in [-0.3, -0.25) is 4.79 Å². The lowest BCUT2D eigenvalue weighted by atomic mass is 10.2. The van der Waals surface area contributed by atoms with Crippen LogP contribution < -0.4 is 10.2 Å². The summed E-state index contributed by atoms with van der Waals surface area (Å²) >= 11 is 0. The van der Waals surface area contributed by atoms with E-state index < -0.39 is 0 Å². The van der Waals surface area contributed by atoms with Gasteiger partial charge in [-0.1, -0.05) is 6.07 Å². The molecule has 1 aromatic heterocycles. The molecule has 0 bridgehead atoms. The summed E-state index contributed by atoms with van der Waals surface area (Å²) in [7, 11) is 0. The lowest BCUT2D eigenvalue weighted by molar-refractivity contribution is 0.0526. The van der Waals surface area contributed by atoms with Crippen LogP contribution in [0.3, 0.4) is 0 Å². The fraction of sp³-hybridized carbons (Fsp3) is 0.240. The fourth-order valence-electron chi connectivity index (χ4n) is 3.40. The number of nitrogens with one attached hydrogen (secondary N) is 1. The van der Waals surface area contributed by atoms with Crippen LogP contribution in [0.5, 0.6) is 5.75 Å². The third-order valence-corrected chi connectivity index (χ3v) is 4.88. The van der Waals surface area contributed by atoms with Gasteiger partial charge < -0.3 is 14.0 Å². The number of aromatic nitrogens is 1. The summed E-state index contributed by atoms with van der Waals surface area (Å²) in [6.45, 7) is 8.51. The molecule has 0 aliphatic heterocycles. The average Bonchev–Trinajstić information content (AvgIpc) is 3.07. The van der Waals surface area contributed by atoms with Gasteiger partial charge in [-0.05, 0) is 76.2 Å². The minimum atomic E-state index is -0.351. The van der Waals surface area contributed by atoms with Crippen molar-refractivity contribution in [3.8, 4) is 11.4 Å². The van der Waals surface area contributed by atoms with E-state index in [9.17, 15) is 9.59 Å². The largest absolute Gasteiger partial charge is 0.494 e. The molecule has 1 amide bonds. The van der Waals surface area contributed by atoms with E-state index in [0.29, 0.717) is 30.1 Å². The summed E-state index contributed by atoms with van der Waals surface area (Å²) in [6.07, 6.45) is 1.61. The Hall–Kier alpha value is -3.87. The van der Waals surface area contributed by atoms with Crippen molar-refractivity contribution < 1.29 is 19.1 Å². The third-order valence-electron chi connectivity index (χ3n) is 4.88. The Morgan fingerprint density at radius 1 is 1.00 bits per heavy atom. The molecule has 166 valence electrons. The van der Waals surface area contributed by atoms with Crippen LogP contribution in [0.1, 0.15) is 51.5 Å². The Bertz CT molecular complexity index is 1130. The molecule has 3 rings (SSSR count). The van der Waals surface area contributed by atoms with Crippen molar-refractivity contribution in [2.45, 2.75) is 27.7 Å². The van der Waals surface area contributed by atoms with Gasteiger partial charge in [0.15, 0.2) is 0 Å². The van der Waals surface area contributed by atoms with Crippen molar-refractivity contribution in [1.29, 1.82) is 0 Å². The second-order valence-electron chi connectivity index (χ2n) is 7.09. The molecule has 32 heavy (non-hydrogen) atoms. The molecule has 3 aromatic rings.